The molecule has 1 aromatic carbocycles. The third-order valence-corrected chi connectivity index (χ3v) is 2.26. The molecule has 0 radical (unpaired) electrons. The summed E-state index contributed by atoms with van der Waals surface area (Å²) < 4.78 is 5.57. The zero-order valence-electron chi connectivity index (χ0n) is 9.63. The normalized spacial score (nSPS) is 12.0. The smallest absolute Gasteiger partial charge is 0.260 e. The van der Waals surface area contributed by atoms with Crippen molar-refractivity contribution in [1.82, 2.24) is 5.32 Å². The molecule has 0 heterocycles. The van der Waals surface area contributed by atoms with Gasteiger partial charge in [-0.3, -0.25) is 4.79 Å². The molecule has 0 saturated carbocycles. The van der Waals surface area contributed by atoms with E-state index in [-0.39, 0.29) is 5.91 Å². The number of carbonyl (C=O) groups is 1. The molecular formula is C12H17NO2. The van der Waals surface area contributed by atoms with Crippen LogP contribution in [0.4, 0.5) is 0 Å². The minimum absolute atomic E-state index is 0.115. The second-order valence-electron chi connectivity index (χ2n) is 3.64. The topological polar surface area (TPSA) is 38.3 Å². The van der Waals surface area contributed by atoms with Gasteiger partial charge >= 0.3 is 0 Å². The summed E-state index contributed by atoms with van der Waals surface area (Å²) in [6, 6.07) is 5.95. The van der Waals surface area contributed by atoms with Crippen LogP contribution in [0.5, 0.6) is 5.75 Å². The van der Waals surface area contributed by atoms with Crippen molar-refractivity contribution in [1.29, 1.82) is 0 Å². The van der Waals surface area contributed by atoms with Gasteiger partial charge in [-0.2, -0.15) is 0 Å². The molecule has 0 aliphatic rings. The first-order chi connectivity index (χ1) is 7.04. The van der Waals surface area contributed by atoms with E-state index in [0.717, 1.165) is 16.9 Å². The van der Waals surface area contributed by atoms with Gasteiger partial charge in [0, 0.05) is 7.05 Å². The fourth-order valence-corrected chi connectivity index (χ4v) is 1.28. The summed E-state index contributed by atoms with van der Waals surface area (Å²) >= 11 is 0. The molecule has 3 nitrogen and oxygen atoms in total. The number of amides is 1. The van der Waals surface area contributed by atoms with E-state index in [2.05, 4.69) is 5.32 Å². The van der Waals surface area contributed by atoms with Crippen LogP contribution in [0.3, 0.4) is 0 Å². The minimum Gasteiger partial charge on any atom is -0.481 e. The van der Waals surface area contributed by atoms with Crippen molar-refractivity contribution in [3.8, 4) is 5.75 Å². The van der Waals surface area contributed by atoms with Crippen LogP contribution in [-0.4, -0.2) is 19.1 Å². The molecule has 82 valence electrons. The summed E-state index contributed by atoms with van der Waals surface area (Å²) in [4.78, 5) is 11.3. The highest BCUT2D eigenvalue weighted by Gasteiger charge is 2.13. The summed E-state index contributed by atoms with van der Waals surface area (Å²) in [5, 5.41) is 2.56. The third kappa shape index (κ3) is 2.98. The molecule has 0 saturated heterocycles. The Hall–Kier alpha value is -1.51. The fraction of sp³-hybridized carbons (Fsp3) is 0.417. The molecule has 0 spiro atoms. The lowest BCUT2D eigenvalue weighted by Crippen LogP contribution is -2.33. The van der Waals surface area contributed by atoms with Crippen molar-refractivity contribution in [2.24, 2.45) is 0 Å². The summed E-state index contributed by atoms with van der Waals surface area (Å²) in [6.07, 6.45) is -0.463. The number of hydrogen-bond acceptors (Lipinski definition) is 2. The van der Waals surface area contributed by atoms with Crippen LogP contribution in [0.2, 0.25) is 0 Å². The summed E-state index contributed by atoms with van der Waals surface area (Å²) in [7, 11) is 1.60. The number of carbonyl (C=O) groups excluding carboxylic acids is 1. The van der Waals surface area contributed by atoms with Gasteiger partial charge in [-0.15, -0.1) is 0 Å². The van der Waals surface area contributed by atoms with Gasteiger partial charge in [0.1, 0.15) is 5.75 Å². The molecule has 0 bridgehead atoms. The van der Waals surface area contributed by atoms with Crippen molar-refractivity contribution < 1.29 is 9.53 Å². The Labute approximate surface area is 90.4 Å². The molecule has 15 heavy (non-hydrogen) atoms. The van der Waals surface area contributed by atoms with E-state index in [1.54, 1.807) is 14.0 Å². The van der Waals surface area contributed by atoms with Crippen molar-refractivity contribution in [3.05, 3.63) is 29.3 Å². The SMILES string of the molecule is CNC(=O)[C@H](C)Oc1cc(C)ccc1C. The molecule has 1 N–H and O–H groups in total. The van der Waals surface area contributed by atoms with Gasteiger partial charge in [0.25, 0.3) is 5.91 Å². The lowest BCUT2D eigenvalue weighted by molar-refractivity contribution is -0.126. The lowest BCUT2D eigenvalue weighted by atomic mass is 10.1. The lowest BCUT2D eigenvalue weighted by Gasteiger charge is -2.15. The zero-order valence-corrected chi connectivity index (χ0v) is 9.63. The van der Waals surface area contributed by atoms with Gasteiger partial charge in [0.15, 0.2) is 6.10 Å². The predicted molar refractivity (Wildman–Crippen MR) is 60.1 cm³/mol. The van der Waals surface area contributed by atoms with Crippen molar-refractivity contribution in [3.63, 3.8) is 0 Å². The van der Waals surface area contributed by atoms with Gasteiger partial charge in [-0.25, -0.2) is 0 Å². The van der Waals surface area contributed by atoms with Crippen LogP contribution >= 0.6 is 0 Å². The Kier molecular flexibility index (Phi) is 3.72. The largest absolute Gasteiger partial charge is 0.481 e. The van der Waals surface area contributed by atoms with E-state index in [9.17, 15) is 4.79 Å². The standard InChI is InChI=1S/C12H17NO2/c1-8-5-6-9(2)11(7-8)15-10(3)12(14)13-4/h5-7,10H,1-4H3,(H,13,14)/t10-/m0/s1. The molecule has 0 aliphatic heterocycles. The van der Waals surface area contributed by atoms with Crippen molar-refractivity contribution in [2.45, 2.75) is 26.9 Å². The van der Waals surface area contributed by atoms with Gasteiger partial charge in [0.05, 0.1) is 0 Å². The third-order valence-electron chi connectivity index (χ3n) is 2.26. The van der Waals surface area contributed by atoms with Crippen LogP contribution in [0.25, 0.3) is 0 Å². The number of aryl methyl sites for hydroxylation is 2. The molecule has 0 aromatic heterocycles. The molecule has 0 unspecified atom stereocenters. The first kappa shape index (κ1) is 11.6. The zero-order chi connectivity index (χ0) is 11.4. The van der Waals surface area contributed by atoms with E-state index in [1.807, 2.05) is 32.0 Å². The highest BCUT2D eigenvalue weighted by Crippen LogP contribution is 2.20. The maximum Gasteiger partial charge on any atom is 0.260 e. The number of ether oxygens (including phenoxy) is 1. The van der Waals surface area contributed by atoms with E-state index < -0.39 is 6.10 Å². The number of nitrogens with one attached hydrogen (secondary N) is 1. The molecule has 3 heteroatoms. The summed E-state index contributed by atoms with van der Waals surface area (Å²) in [5.74, 6) is 0.655. The molecule has 0 aliphatic carbocycles. The summed E-state index contributed by atoms with van der Waals surface area (Å²) in [5.41, 5.74) is 2.16. The second-order valence-corrected chi connectivity index (χ2v) is 3.64. The molecular weight excluding hydrogens is 190 g/mol. The highest BCUT2D eigenvalue weighted by atomic mass is 16.5. The molecule has 0 fully saturated rings. The average Bonchev–Trinajstić information content (AvgIpc) is 2.22. The van der Waals surface area contributed by atoms with Gasteiger partial charge in [-0.05, 0) is 38.0 Å². The molecule has 1 amide bonds. The Morgan fingerprint density at radius 3 is 2.67 bits per heavy atom. The van der Waals surface area contributed by atoms with Gasteiger partial charge in [-0.1, -0.05) is 12.1 Å². The molecule has 1 atom stereocenters. The maximum atomic E-state index is 11.3. The van der Waals surface area contributed by atoms with E-state index in [4.69, 9.17) is 4.74 Å². The predicted octanol–water partition coefficient (Wildman–Crippen LogP) is 1.82. The number of likely N-dealkylation sites (N-methyl/N-ethyl adjacent to an activating group) is 1. The second kappa shape index (κ2) is 4.82. The van der Waals surface area contributed by atoms with Crippen molar-refractivity contribution in [2.75, 3.05) is 7.05 Å². The quantitative estimate of drug-likeness (QED) is 0.821. The van der Waals surface area contributed by atoms with E-state index in [1.165, 1.54) is 0 Å². The highest BCUT2D eigenvalue weighted by molar-refractivity contribution is 5.80. The Morgan fingerprint density at radius 1 is 1.40 bits per heavy atom. The van der Waals surface area contributed by atoms with Crippen molar-refractivity contribution >= 4 is 5.91 Å². The molecule has 1 rings (SSSR count). The van der Waals surface area contributed by atoms with Crippen LogP contribution in [-0.2, 0) is 4.79 Å². The first-order valence-electron chi connectivity index (χ1n) is 5.00. The van der Waals surface area contributed by atoms with Gasteiger partial charge < -0.3 is 10.1 Å². The fourth-order valence-electron chi connectivity index (χ4n) is 1.28. The Morgan fingerprint density at radius 2 is 2.07 bits per heavy atom. The van der Waals surface area contributed by atoms with Crippen LogP contribution in [0.15, 0.2) is 18.2 Å². The van der Waals surface area contributed by atoms with E-state index >= 15 is 0 Å². The number of hydrogen-bond donors (Lipinski definition) is 1. The first-order valence-corrected chi connectivity index (χ1v) is 5.00. The Bertz CT molecular complexity index is 361. The van der Waals surface area contributed by atoms with Crippen LogP contribution < -0.4 is 10.1 Å². The Balaban J connectivity index is 2.80. The van der Waals surface area contributed by atoms with Crippen LogP contribution in [0, 0.1) is 13.8 Å². The van der Waals surface area contributed by atoms with E-state index in [0.29, 0.717) is 0 Å². The monoisotopic (exact) mass is 207 g/mol. The minimum atomic E-state index is -0.463. The number of rotatable bonds is 3. The number of benzene rings is 1. The van der Waals surface area contributed by atoms with Crippen LogP contribution in [0.1, 0.15) is 18.1 Å². The average molecular weight is 207 g/mol. The maximum absolute atomic E-state index is 11.3. The molecule has 1 aromatic rings. The summed E-state index contributed by atoms with van der Waals surface area (Å²) in [6.45, 7) is 5.70. The van der Waals surface area contributed by atoms with Gasteiger partial charge in [0.2, 0.25) is 0 Å².